The van der Waals surface area contributed by atoms with Crippen LogP contribution in [0.3, 0.4) is 0 Å². The fourth-order valence-corrected chi connectivity index (χ4v) is 3.22. The maximum absolute atomic E-state index is 10.6. The van der Waals surface area contributed by atoms with E-state index in [4.69, 9.17) is 34.7 Å². The number of carbonyl (C=O) groups is 1. The lowest BCUT2D eigenvalue weighted by Crippen LogP contribution is -2.10. The monoisotopic (exact) mass is 452 g/mol. The van der Waals surface area contributed by atoms with E-state index in [0.717, 1.165) is 19.5 Å². The molecule has 0 bridgehead atoms. The maximum Gasteiger partial charge on any atom is 0.248 e. The SMILES string of the molecule is NC(=O)c1cc(Cl)cc(Br)c1.NCc1cc(Cl)cc(Br)c1. The Morgan fingerprint density at radius 2 is 1.48 bits per heavy atom. The third-order valence-corrected chi connectivity index (χ3v) is 3.66. The fraction of sp³-hybridized carbons (Fsp3) is 0.0714. The lowest BCUT2D eigenvalue weighted by Gasteiger charge is -1.97. The van der Waals surface area contributed by atoms with Gasteiger partial charge in [0.1, 0.15) is 0 Å². The van der Waals surface area contributed by atoms with Crippen molar-refractivity contribution in [3.63, 3.8) is 0 Å². The molecule has 2 rings (SSSR count). The van der Waals surface area contributed by atoms with Crippen LogP contribution < -0.4 is 11.5 Å². The number of carbonyl (C=O) groups excluding carboxylic acids is 1. The lowest BCUT2D eigenvalue weighted by atomic mass is 10.2. The van der Waals surface area contributed by atoms with E-state index in [1.165, 1.54) is 6.07 Å². The predicted octanol–water partition coefficient (Wildman–Crippen LogP) is 4.76. The maximum atomic E-state index is 10.6. The van der Waals surface area contributed by atoms with Crippen LogP contribution in [0.25, 0.3) is 0 Å². The molecular formula is C14H12Br2Cl2N2O. The molecule has 0 atom stereocenters. The minimum atomic E-state index is -0.479. The highest BCUT2D eigenvalue weighted by Crippen LogP contribution is 2.19. The molecule has 112 valence electrons. The topological polar surface area (TPSA) is 69.1 Å². The molecule has 0 spiro atoms. The number of amides is 1. The number of halogens is 4. The van der Waals surface area contributed by atoms with Crippen molar-refractivity contribution in [2.24, 2.45) is 11.5 Å². The molecule has 0 unspecified atom stereocenters. The van der Waals surface area contributed by atoms with Crippen molar-refractivity contribution in [2.45, 2.75) is 6.54 Å². The van der Waals surface area contributed by atoms with Gasteiger partial charge in [-0.15, -0.1) is 0 Å². The molecule has 0 aliphatic rings. The fourth-order valence-electron chi connectivity index (χ4n) is 1.42. The number of benzene rings is 2. The number of nitrogens with two attached hydrogens (primary N) is 2. The summed E-state index contributed by atoms with van der Waals surface area (Å²) in [5.74, 6) is -0.479. The molecule has 0 fully saturated rings. The Morgan fingerprint density at radius 1 is 0.952 bits per heavy atom. The Hall–Kier alpha value is -0.590. The van der Waals surface area contributed by atoms with Gasteiger partial charge >= 0.3 is 0 Å². The molecule has 0 aliphatic heterocycles. The molecule has 3 nitrogen and oxygen atoms in total. The third kappa shape index (κ3) is 6.80. The predicted molar refractivity (Wildman–Crippen MR) is 94.7 cm³/mol. The highest BCUT2D eigenvalue weighted by molar-refractivity contribution is 9.10. The second-order valence-electron chi connectivity index (χ2n) is 4.00. The highest BCUT2D eigenvalue weighted by Gasteiger charge is 2.01. The van der Waals surface area contributed by atoms with Crippen molar-refractivity contribution < 1.29 is 4.79 Å². The largest absolute Gasteiger partial charge is 0.366 e. The van der Waals surface area contributed by atoms with E-state index in [0.29, 0.717) is 17.1 Å². The summed E-state index contributed by atoms with van der Waals surface area (Å²) >= 11 is 17.9. The first-order chi connectivity index (χ1) is 9.81. The van der Waals surface area contributed by atoms with Crippen LogP contribution in [0.1, 0.15) is 15.9 Å². The quantitative estimate of drug-likeness (QED) is 0.686. The summed E-state index contributed by atoms with van der Waals surface area (Å²) in [6.07, 6.45) is 0. The summed E-state index contributed by atoms with van der Waals surface area (Å²) in [6.45, 7) is 0.527. The molecule has 7 heteroatoms. The van der Waals surface area contributed by atoms with Crippen LogP contribution in [-0.2, 0) is 6.54 Å². The van der Waals surface area contributed by atoms with Gasteiger partial charge in [-0.2, -0.15) is 0 Å². The minimum absolute atomic E-state index is 0.407. The van der Waals surface area contributed by atoms with Gasteiger partial charge in [-0.1, -0.05) is 55.1 Å². The summed E-state index contributed by atoms with van der Waals surface area (Å²) in [5, 5.41) is 1.21. The molecule has 0 aliphatic carbocycles. The van der Waals surface area contributed by atoms with Crippen molar-refractivity contribution in [2.75, 3.05) is 0 Å². The van der Waals surface area contributed by atoms with Crippen LogP contribution in [0.15, 0.2) is 45.3 Å². The normalized spacial score (nSPS) is 9.76. The molecule has 4 N–H and O–H groups in total. The summed E-state index contributed by atoms with van der Waals surface area (Å²) < 4.78 is 1.72. The van der Waals surface area contributed by atoms with E-state index < -0.39 is 5.91 Å². The van der Waals surface area contributed by atoms with Crippen LogP contribution in [-0.4, -0.2) is 5.91 Å². The second kappa shape index (κ2) is 8.76. The molecule has 21 heavy (non-hydrogen) atoms. The average molecular weight is 455 g/mol. The van der Waals surface area contributed by atoms with Gasteiger partial charge in [0.25, 0.3) is 0 Å². The van der Waals surface area contributed by atoms with Gasteiger partial charge in [0, 0.05) is 31.1 Å². The average Bonchev–Trinajstić information content (AvgIpc) is 2.37. The van der Waals surface area contributed by atoms with Crippen LogP contribution in [0.2, 0.25) is 10.0 Å². The Balaban J connectivity index is 0.000000211. The first-order valence-corrected chi connectivity index (χ1v) is 8.07. The van der Waals surface area contributed by atoms with E-state index in [1.807, 2.05) is 18.2 Å². The summed E-state index contributed by atoms with van der Waals surface area (Å²) in [5.41, 5.74) is 11.9. The van der Waals surface area contributed by atoms with E-state index >= 15 is 0 Å². The van der Waals surface area contributed by atoms with Gasteiger partial charge in [-0.05, 0) is 42.0 Å². The second-order valence-corrected chi connectivity index (χ2v) is 6.71. The molecule has 0 saturated carbocycles. The smallest absolute Gasteiger partial charge is 0.248 e. The third-order valence-electron chi connectivity index (χ3n) is 2.31. The van der Waals surface area contributed by atoms with Gasteiger partial charge < -0.3 is 11.5 Å². The molecule has 1 amide bonds. The van der Waals surface area contributed by atoms with Crippen molar-refractivity contribution in [1.29, 1.82) is 0 Å². The van der Waals surface area contributed by atoms with Crippen molar-refractivity contribution >= 4 is 61.0 Å². The number of rotatable bonds is 2. The van der Waals surface area contributed by atoms with E-state index in [1.54, 1.807) is 12.1 Å². The van der Waals surface area contributed by atoms with Gasteiger partial charge in [0.2, 0.25) is 5.91 Å². The first-order valence-electron chi connectivity index (χ1n) is 5.72. The minimum Gasteiger partial charge on any atom is -0.366 e. The van der Waals surface area contributed by atoms with Crippen molar-refractivity contribution in [3.8, 4) is 0 Å². The zero-order valence-corrected chi connectivity index (χ0v) is 15.4. The summed E-state index contributed by atoms with van der Waals surface area (Å²) in [7, 11) is 0. The number of hydrogen-bond acceptors (Lipinski definition) is 2. The zero-order chi connectivity index (χ0) is 16.0. The molecular weight excluding hydrogens is 443 g/mol. The van der Waals surface area contributed by atoms with E-state index in [2.05, 4.69) is 31.9 Å². The Bertz CT molecular complexity index is 610. The molecule has 0 saturated heterocycles. The molecule has 2 aromatic carbocycles. The summed E-state index contributed by atoms with van der Waals surface area (Å²) in [4.78, 5) is 10.6. The van der Waals surface area contributed by atoms with Crippen molar-refractivity contribution in [3.05, 3.63) is 66.5 Å². The van der Waals surface area contributed by atoms with Gasteiger partial charge in [0.15, 0.2) is 0 Å². The highest BCUT2D eigenvalue weighted by atomic mass is 79.9. The Labute approximate surface area is 149 Å². The Morgan fingerprint density at radius 3 is 1.90 bits per heavy atom. The standard InChI is InChI=1S/C7H5BrClNO.C7H7BrClN/c8-5-1-4(7(10)11)2-6(9)3-5;8-6-1-5(4-10)2-7(9)3-6/h1-3H,(H2,10,11);1-3H,4,10H2. The van der Waals surface area contributed by atoms with E-state index in [-0.39, 0.29) is 0 Å². The molecule has 0 radical (unpaired) electrons. The summed E-state index contributed by atoms with van der Waals surface area (Å²) in [6, 6.07) is 10.5. The molecule has 0 heterocycles. The van der Waals surface area contributed by atoms with Crippen LogP contribution >= 0.6 is 55.1 Å². The van der Waals surface area contributed by atoms with E-state index in [9.17, 15) is 4.79 Å². The van der Waals surface area contributed by atoms with Crippen LogP contribution in [0, 0.1) is 0 Å². The lowest BCUT2D eigenvalue weighted by molar-refractivity contribution is 0.1000. The van der Waals surface area contributed by atoms with Gasteiger partial charge in [0.05, 0.1) is 0 Å². The van der Waals surface area contributed by atoms with Gasteiger partial charge in [-0.25, -0.2) is 0 Å². The van der Waals surface area contributed by atoms with Gasteiger partial charge in [-0.3, -0.25) is 4.79 Å². The first kappa shape index (κ1) is 18.5. The zero-order valence-electron chi connectivity index (χ0n) is 10.7. The molecule has 0 aromatic heterocycles. The van der Waals surface area contributed by atoms with Crippen LogP contribution in [0.5, 0.6) is 0 Å². The number of primary amides is 1. The number of hydrogen-bond donors (Lipinski definition) is 2. The Kier molecular flexibility index (Phi) is 7.70. The van der Waals surface area contributed by atoms with Crippen molar-refractivity contribution in [1.82, 2.24) is 0 Å². The molecule has 2 aromatic rings. The van der Waals surface area contributed by atoms with Crippen LogP contribution in [0.4, 0.5) is 0 Å².